The molecule has 2 aromatic rings. The van der Waals surface area contributed by atoms with Gasteiger partial charge in [0.05, 0.1) is 0 Å². The Labute approximate surface area is 150 Å². The molecule has 0 radical (unpaired) electrons. The zero-order valence-corrected chi connectivity index (χ0v) is 15.4. The van der Waals surface area contributed by atoms with Crippen molar-refractivity contribution >= 4 is 29.7 Å². The molecule has 4 nitrogen and oxygen atoms in total. The Bertz CT molecular complexity index is 668. The number of carbonyl (C=O) groups excluding carboxylic acids is 2. The van der Waals surface area contributed by atoms with Crippen LogP contribution >= 0.6 is 12.4 Å². The number of nitrogens with zero attached hydrogens (tertiary/aromatic N) is 2. The summed E-state index contributed by atoms with van der Waals surface area (Å²) in [5.74, 6) is -0.254. The minimum absolute atomic E-state index is 0. The molecule has 0 bridgehead atoms. The third-order valence-corrected chi connectivity index (χ3v) is 3.24. The van der Waals surface area contributed by atoms with Gasteiger partial charge >= 0.3 is 68.6 Å². The fourth-order valence-corrected chi connectivity index (χ4v) is 2.15. The van der Waals surface area contributed by atoms with Crippen molar-refractivity contribution in [2.75, 3.05) is 0 Å². The van der Waals surface area contributed by atoms with Crippen molar-refractivity contribution in [1.82, 2.24) is 4.98 Å². The second-order valence-corrected chi connectivity index (χ2v) is 5.09. The number of carbonyl (C=O) groups is 2. The van der Waals surface area contributed by atoms with Gasteiger partial charge in [0.2, 0.25) is 0 Å². The van der Waals surface area contributed by atoms with E-state index in [-0.39, 0.29) is 24.0 Å². The van der Waals surface area contributed by atoms with E-state index in [0.717, 1.165) is 5.69 Å². The van der Waals surface area contributed by atoms with Gasteiger partial charge in [-0.15, -0.1) is 12.4 Å². The maximum absolute atomic E-state index is 10.8. The van der Waals surface area contributed by atoms with Crippen molar-refractivity contribution < 1.29 is 25.4 Å². The standard InChI is InChI=1S/C9H9NO2.C8H9N.ClH.Fe/c1-6(11)8-4-3-5-9(10-8)7(2)12;1-6-4-3-5-7(2)8(6)9;;/h3-5H,1-2H3;3-5H,1-2H3;1H;. The first-order valence-electron chi connectivity index (χ1n) is 6.73. The molecule has 1 aromatic carbocycles. The summed E-state index contributed by atoms with van der Waals surface area (Å²) < 4.78 is 3.92. The van der Waals surface area contributed by atoms with Gasteiger partial charge in [-0.2, -0.15) is 0 Å². The number of Topliss-reactive ketones (excluding diaryl/α,β-unsaturated/α-hetero) is 2. The number of hydrogen-bond donors (Lipinski definition) is 0. The summed E-state index contributed by atoms with van der Waals surface area (Å²) in [7, 11) is 0. The molecule has 23 heavy (non-hydrogen) atoms. The van der Waals surface area contributed by atoms with Crippen LogP contribution in [0.15, 0.2) is 40.4 Å². The minimum atomic E-state index is -0.127. The molecule has 0 N–H and O–H groups in total. The summed E-state index contributed by atoms with van der Waals surface area (Å²) in [5.41, 5.74) is 4.07. The second-order valence-electron chi connectivity index (χ2n) is 4.84. The summed E-state index contributed by atoms with van der Waals surface area (Å²) in [4.78, 5) is 25.6. The fourth-order valence-electron chi connectivity index (χ4n) is 1.76. The van der Waals surface area contributed by atoms with E-state index in [1.807, 2.05) is 32.0 Å². The molecule has 0 aliphatic heterocycles. The molecule has 0 amide bonds. The van der Waals surface area contributed by atoms with Gasteiger partial charge < -0.3 is 0 Å². The zero-order chi connectivity index (χ0) is 16.7. The molecule has 0 saturated heterocycles. The third kappa shape index (κ3) is 6.53. The van der Waals surface area contributed by atoms with Gasteiger partial charge in [0.1, 0.15) is 11.4 Å². The third-order valence-electron chi connectivity index (χ3n) is 2.99. The second kappa shape index (κ2) is 10.2. The molecule has 1 heterocycles. The molecule has 2 rings (SSSR count). The van der Waals surface area contributed by atoms with Crippen molar-refractivity contribution in [2.24, 2.45) is 3.96 Å². The molecule has 1 aromatic heterocycles. The first-order chi connectivity index (χ1) is 10.4. The SMILES string of the molecule is CC(=O)c1cccc(C(C)=O)n1.Cc1cccc(C)c1[N]=[Fe].Cl. The van der Waals surface area contributed by atoms with Crippen LogP contribution < -0.4 is 0 Å². The Morgan fingerprint density at radius 2 is 1.30 bits per heavy atom. The molecule has 0 aliphatic carbocycles. The summed E-state index contributed by atoms with van der Waals surface area (Å²) in [6, 6.07) is 10.9. The van der Waals surface area contributed by atoms with Crippen molar-refractivity contribution in [1.29, 1.82) is 0 Å². The summed E-state index contributed by atoms with van der Waals surface area (Å²) >= 11 is 3.50. The van der Waals surface area contributed by atoms with Crippen LogP contribution in [0, 0.1) is 13.8 Å². The van der Waals surface area contributed by atoms with Crippen LogP contribution in [0.2, 0.25) is 0 Å². The van der Waals surface area contributed by atoms with Gasteiger partial charge in [-0.05, 0) is 12.1 Å². The predicted molar refractivity (Wildman–Crippen MR) is 89.5 cm³/mol. The van der Waals surface area contributed by atoms with E-state index >= 15 is 0 Å². The number of rotatable bonds is 3. The van der Waals surface area contributed by atoms with Crippen molar-refractivity contribution in [3.63, 3.8) is 0 Å². The number of halogens is 1. The van der Waals surface area contributed by atoms with Gasteiger partial charge in [-0.1, -0.05) is 6.07 Å². The van der Waals surface area contributed by atoms with E-state index in [2.05, 4.69) is 24.8 Å². The predicted octanol–water partition coefficient (Wildman–Crippen LogP) is 4.57. The summed E-state index contributed by atoms with van der Waals surface area (Å²) in [5, 5.41) is 0. The Morgan fingerprint density at radius 1 is 0.913 bits per heavy atom. The Kier molecular flexibility index (Phi) is 9.42. The van der Waals surface area contributed by atoms with Crippen LogP contribution in [0.1, 0.15) is 46.0 Å². The number of aromatic nitrogens is 1. The van der Waals surface area contributed by atoms with Crippen LogP contribution in [-0.4, -0.2) is 16.6 Å². The maximum Gasteiger partial charge on any atom is -0.147 e. The van der Waals surface area contributed by atoms with Crippen LogP contribution in [0.3, 0.4) is 0 Å². The van der Waals surface area contributed by atoms with Crippen LogP contribution in [0.4, 0.5) is 5.69 Å². The Hall–Kier alpha value is -1.68. The fraction of sp³-hybridized carbons (Fsp3) is 0.235. The topological polar surface area (TPSA) is 59.4 Å². The van der Waals surface area contributed by atoms with E-state index in [9.17, 15) is 9.59 Å². The minimum Gasteiger partial charge on any atom is -0.147 e. The molecule has 0 spiro atoms. The van der Waals surface area contributed by atoms with Crippen LogP contribution in [0.25, 0.3) is 0 Å². The number of benzene rings is 1. The zero-order valence-electron chi connectivity index (χ0n) is 13.4. The van der Waals surface area contributed by atoms with Gasteiger partial charge in [0.15, 0.2) is 11.6 Å². The molecular weight excluding hydrogens is 355 g/mol. The van der Waals surface area contributed by atoms with Crippen molar-refractivity contribution in [2.45, 2.75) is 27.7 Å². The monoisotopic (exact) mass is 374 g/mol. The number of hydrogen-bond acceptors (Lipinski definition) is 4. The van der Waals surface area contributed by atoms with Crippen molar-refractivity contribution in [3.8, 4) is 0 Å². The largest absolute Gasteiger partial charge is 0.147 e. The van der Waals surface area contributed by atoms with Crippen LogP contribution in [-0.2, 0) is 15.8 Å². The molecular formula is C17H19ClFeN2O2. The Balaban J connectivity index is 0.000000409. The van der Waals surface area contributed by atoms with Gasteiger partial charge in [0.25, 0.3) is 0 Å². The number of ketones is 2. The first-order valence-corrected chi connectivity index (χ1v) is 7.22. The smallest absolute Gasteiger partial charge is 0.147 e. The molecule has 0 unspecified atom stereocenters. The van der Waals surface area contributed by atoms with Crippen LogP contribution in [0.5, 0.6) is 0 Å². The summed E-state index contributed by atoms with van der Waals surface area (Å²) in [6.45, 7) is 6.92. The average molecular weight is 375 g/mol. The molecule has 0 saturated carbocycles. The van der Waals surface area contributed by atoms with Gasteiger partial charge in [0, 0.05) is 13.8 Å². The van der Waals surface area contributed by atoms with Gasteiger partial charge in [-0.25, -0.2) is 4.98 Å². The van der Waals surface area contributed by atoms with Gasteiger partial charge in [-0.3, -0.25) is 9.59 Å². The first kappa shape index (κ1) is 21.3. The number of pyridine rings is 1. The van der Waals surface area contributed by atoms with E-state index in [1.54, 1.807) is 18.2 Å². The quantitative estimate of drug-likeness (QED) is 0.584. The number of aryl methyl sites for hydroxylation is 2. The normalized spacial score (nSPS) is 9.09. The molecule has 6 heteroatoms. The van der Waals surface area contributed by atoms with E-state index < -0.39 is 0 Å². The average Bonchev–Trinajstić information content (AvgIpc) is 2.48. The molecule has 124 valence electrons. The van der Waals surface area contributed by atoms with E-state index in [4.69, 9.17) is 0 Å². The summed E-state index contributed by atoms with van der Waals surface area (Å²) in [6.07, 6.45) is 0. The maximum atomic E-state index is 10.8. The molecule has 0 aliphatic rings. The van der Waals surface area contributed by atoms with E-state index in [0.29, 0.717) is 11.4 Å². The molecule has 0 atom stereocenters. The molecule has 0 fully saturated rings. The Morgan fingerprint density at radius 3 is 1.61 bits per heavy atom. The van der Waals surface area contributed by atoms with E-state index in [1.165, 1.54) is 25.0 Å². The van der Waals surface area contributed by atoms with Crippen molar-refractivity contribution in [3.05, 3.63) is 58.9 Å².